The van der Waals surface area contributed by atoms with Crippen LogP contribution in [0, 0.1) is 5.82 Å². The van der Waals surface area contributed by atoms with E-state index in [9.17, 15) is 9.18 Å². The van der Waals surface area contributed by atoms with E-state index in [2.05, 4.69) is 4.98 Å². The van der Waals surface area contributed by atoms with Crippen molar-refractivity contribution < 1.29 is 9.18 Å². The first-order valence-electron chi connectivity index (χ1n) is 6.41. The van der Waals surface area contributed by atoms with Gasteiger partial charge in [0.05, 0.1) is 18.0 Å². The van der Waals surface area contributed by atoms with Gasteiger partial charge in [0.2, 0.25) is 5.91 Å². The van der Waals surface area contributed by atoms with Crippen LogP contribution in [0.2, 0.25) is 5.02 Å². The zero-order chi connectivity index (χ0) is 14.8. The van der Waals surface area contributed by atoms with Gasteiger partial charge >= 0.3 is 0 Å². The van der Waals surface area contributed by atoms with Crippen molar-refractivity contribution in [1.82, 2.24) is 9.88 Å². The fourth-order valence-corrected chi connectivity index (χ4v) is 3.85. The van der Waals surface area contributed by atoms with Crippen molar-refractivity contribution in [3.8, 4) is 0 Å². The summed E-state index contributed by atoms with van der Waals surface area (Å²) in [5, 5.41) is -0.0681. The van der Waals surface area contributed by atoms with Crippen molar-refractivity contribution in [3.05, 3.63) is 64.7 Å². The molecule has 21 heavy (non-hydrogen) atoms. The predicted octanol–water partition coefficient (Wildman–Crippen LogP) is 3.65. The average molecular weight is 323 g/mol. The van der Waals surface area contributed by atoms with E-state index in [1.165, 1.54) is 17.8 Å². The van der Waals surface area contributed by atoms with E-state index in [1.54, 1.807) is 23.2 Å². The molecule has 1 fully saturated rings. The standard InChI is InChI=1S/C15H12ClFN2OS/c16-11-5-3-6-12(17)14(11)15-19(13(20)9-21-15)8-10-4-1-2-7-18-10/h1-7,15H,8-9H2. The number of carbonyl (C=O) groups excluding carboxylic acids is 1. The van der Waals surface area contributed by atoms with E-state index in [0.29, 0.717) is 22.9 Å². The number of rotatable bonds is 3. The Hall–Kier alpha value is -1.59. The molecule has 1 unspecified atom stereocenters. The maximum absolute atomic E-state index is 14.1. The van der Waals surface area contributed by atoms with Gasteiger partial charge in [0.25, 0.3) is 0 Å². The van der Waals surface area contributed by atoms with Gasteiger partial charge in [0.1, 0.15) is 11.2 Å². The third kappa shape index (κ3) is 2.89. The highest BCUT2D eigenvalue weighted by Crippen LogP contribution is 2.43. The Morgan fingerprint density at radius 2 is 2.19 bits per heavy atom. The molecular formula is C15H12ClFN2OS. The number of halogens is 2. The maximum atomic E-state index is 14.1. The smallest absolute Gasteiger partial charge is 0.234 e. The minimum Gasteiger partial charge on any atom is -0.320 e. The number of pyridine rings is 1. The molecule has 0 saturated carbocycles. The number of nitrogens with zero attached hydrogens (tertiary/aromatic N) is 2. The summed E-state index contributed by atoms with van der Waals surface area (Å²) in [6, 6.07) is 10.1. The Bertz CT molecular complexity index is 648. The predicted molar refractivity (Wildman–Crippen MR) is 81.4 cm³/mol. The second-order valence-electron chi connectivity index (χ2n) is 4.64. The van der Waals surface area contributed by atoms with Crippen molar-refractivity contribution in [1.29, 1.82) is 0 Å². The number of aromatic nitrogens is 1. The number of carbonyl (C=O) groups is 1. The fourth-order valence-electron chi connectivity index (χ4n) is 2.28. The summed E-state index contributed by atoms with van der Waals surface area (Å²) >= 11 is 7.50. The first kappa shape index (κ1) is 14.4. The van der Waals surface area contributed by atoms with Crippen LogP contribution in [0.5, 0.6) is 0 Å². The Balaban J connectivity index is 1.93. The summed E-state index contributed by atoms with van der Waals surface area (Å²) in [4.78, 5) is 17.9. The van der Waals surface area contributed by atoms with Gasteiger partial charge in [-0.25, -0.2) is 4.39 Å². The summed E-state index contributed by atoms with van der Waals surface area (Å²) in [6.45, 7) is 0.349. The highest BCUT2D eigenvalue weighted by molar-refractivity contribution is 8.00. The van der Waals surface area contributed by atoms with E-state index in [1.807, 2.05) is 18.2 Å². The van der Waals surface area contributed by atoms with E-state index in [-0.39, 0.29) is 11.7 Å². The summed E-state index contributed by atoms with van der Waals surface area (Å²) in [5.41, 5.74) is 1.14. The maximum Gasteiger partial charge on any atom is 0.234 e. The van der Waals surface area contributed by atoms with Gasteiger partial charge in [0.15, 0.2) is 0 Å². The van der Waals surface area contributed by atoms with Crippen LogP contribution in [0.4, 0.5) is 4.39 Å². The first-order valence-corrected chi connectivity index (χ1v) is 7.84. The summed E-state index contributed by atoms with van der Waals surface area (Å²) in [7, 11) is 0. The normalized spacial score (nSPS) is 18.3. The lowest BCUT2D eigenvalue weighted by Gasteiger charge is -2.24. The molecule has 3 rings (SSSR count). The van der Waals surface area contributed by atoms with E-state index >= 15 is 0 Å². The van der Waals surface area contributed by atoms with Crippen LogP contribution in [0.25, 0.3) is 0 Å². The molecule has 2 aromatic rings. The monoisotopic (exact) mass is 322 g/mol. The number of benzene rings is 1. The van der Waals surface area contributed by atoms with Gasteiger partial charge in [-0.1, -0.05) is 23.7 Å². The van der Waals surface area contributed by atoms with Gasteiger partial charge in [-0.2, -0.15) is 0 Å². The van der Waals surface area contributed by atoms with Crippen LogP contribution >= 0.6 is 23.4 Å². The molecule has 1 aliphatic rings. The zero-order valence-electron chi connectivity index (χ0n) is 11.0. The summed E-state index contributed by atoms with van der Waals surface area (Å²) < 4.78 is 14.1. The largest absolute Gasteiger partial charge is 0.320 e. The molecule has 1 atom stereocenters. The van der Waals surface area contributed by atoms with Crippen molar-refractivity contribution >= 4 is 29.3 Å². The minimum absolute atomic E-state index is 0.0324. The lowest BCUT2D eigenvalue weighted by Crippen LogP contribution is -2.28. The van der Waals surface area contributed by atoms with Crippen LogP contribution < -0.4 is 0 Å². The molecule has 0 bridgehead atoms. The highest BCUT2D eigenvalue weighted by Gasteiger charge is 2.35. The van der Waals surface area contributed by atoms with Crippen LogP contribution in [-0.2, 0) is 11.3 Å². The number of hydrogen-bond acceptors (Lipinski definition) is 3. The summed E-state index contributed by atoms with van der Waals surface area (Å²) in [5.74, 6) is -0.0991. The van der Waals surface area contributed by atoms with Crippen LogP contribution in [0.3, 0.4) is 0 Å². The molecular weight excluding hydrogens is 311 g/mol. The molecule has 0 aliphatic carbocycles. The number of amides is 1. The van der Waals surface area contributed by atoms with Crippen LogP contribution in [0.1, 0.15) is 16.6 Å². The molecule has 1 aliphatic heterocycles. The van der Waals surface area contributed by atoms with E-state index < -0.39 is 5.37 Å². The van der Waals surface area contributed by atoms with Crippen molar-refractivity contribution in [2.24, 2.45) is 0 Å². The topological polar surface area (TPSA) is 33.2 Å². The van der Waals surface area contributed by atoms with Gasteiger partial charge in [-0.15, -0.1) is 11.8 Å². The van der Waals surface area contributed by atoms with Crippen molar-refractivity contribution in [2.75, 3.05) is 5.75 Å². The summed E-state index contributed by atoms with van der Waals surface area (Å²) in [6.07, 6.45) is 1.67. The second kappa shape index (κ2) is 6.03. The van der Waals surface area contributed by atoms with E-state index in [4.69, 9.17) is 11.6 Å². The molecule has 0 N–H and O–H groups in total. The van der Waals surface area contributed by atoms with Crippen LogP contribution in [0.15, 0.2) is 42.6 Å². The number of hydrogen-bond donors (Lipinski definition) is 0. The minimum atomic E-state index is -0.409. The Labute approximate surface area is 131 Å². The lowest BCUT2D eigenvalue weighted by molar-refractivity contribution is -0.128. The van der Waals surface area contributed by atoms with Crippen molar-refractivity contribution in [3.63, 3.8) is 0 Å². The average Bonchev–Trinajstić information content (AvgIpc) is 2.82. The second-order valence-corrected chi connectivity index (χ2v) is 6.12. The molecule has 1 amide bonds. The van der Waals surface area contributed by atoms with E-state index in [0.717, 1.165) is 5.69 Å². The quantitative estimate of drug-likeness (QED) is 0.865. The Kier molecular flexibility index (Phi) is 4.12. The van der Waals surface area contributed by atoms with Gasteiger partial charge in [-0.05, 0) is 24.3 Å². The molecule has 1 aromatic heterocycles. The lowest BCUT2D eigenvalue weighted by atomic mass is 10.2. The van der Waals surface area contributed by atoms with Gasteiger partial charge in [0, 0.05) is 16.8 Å². The Morgan fingerprint density at radius 3 is 2.90 bits per heavy atom. The Morgan fingerprint density at radius 1 is 1.33 bits per heavy atom. The number of thioether (sulfide) groups is 1. The van der Waals surface area contributed by atoms with Crippen molar-refractivity contribution in [2.45, 2.75) is 11.9 Å². The molecule has 3 nitrogen and oxygen atoms in total. The molecule has 0 radical (unpaired) electrons. The van der Waals surface area contributed by atoms with Crippen LogP contribution in [-0.4, -0.2) is 21.5 Å². The molecule has 1 aromatic carbocycles. The SMILES string of the molecule is O=C1CSC(c2c(F)cccc2Cl)N1Cc1ccccn1. The third-order valence-corrected chi connectivity index (χ3v) is 4.82. The fraction of sp³-hybridized carbons (Fsp3) is 0.200. The van der Waals surface area contributed by atoms with Gasteiger partial charge in [-0.3, -0.25) is 9.78 Å². The molecule has 2 heterocycles. The molecule has 108 valence electrons. The molecule has 1 saturated heterocycles. The third-order valence-electron chi connectivity index (χ3n) is 3.27. The first-order chi connectivity index (χ1) is 10.2. The molecule has 0 spiro atoms. The highest BCUT2D eigenvalue weighted by atomic mass is 35.5. The van der Waals surface area contributed by atoms with Gasteiger partial charge < -0.3 is 4.90 Å². The zero-order valence-corrected chi connectivity index (χ0v) is 12.6. The molecule has 6 heteroatoms.